The SMILES string of the molecule is C/C=C/n1c2c(c3cc(-c4cccc(-c5ccc(N(c6ccccc6)c6ccccc6)cc5)c4)ccc31)CC(c1ccccc1)C=C2. The Kier molecular flexibility index (Phi) is 7.61. The molecule has 1 aliphatic carbocycles. The molecule has 0 aliphatic heterocycles. The molecular formula is C45H36N2. The van der Waals surface area contributed by atoms with Crippen LogP contribution in [-0.4, -0.2) is 4.57 Å². The number of rotatable bonds is 7. The average Bonchev–Trinajstić information content (AvgIpc) is 3.45. The second kappa shape index (κ2) is 12.5. The number of nitrogens with zero attached hydrogens (tertiary/aromatic N) is 2. The number of aromatic nitrogens is 1. The van der Waals surface area contributed by atoms with Gasteiger partial charge in [0.2, 0.25) is 0 Å². The summed E-state index contributed by atoms with van der Waals surface area (Å²) in [6, 6.07) is 56.8. The van der Waals surface area contributed by atoms with E-state index in [4.69, 9.17) is 0 Å². The maximum Gasteiger partial charge on any atom is 0.0531 e. The van der Waals surface area contributed by atoms with Crippen LogP contribution in [0.2, 0.25) is 0 Å². The van der Waals surface area contributed by atoms with E-state index in [1.807, 2.05) is 0 Å². The van der Waals surface area contributed by atoms with E-state index in [2.05, 4.69) is 199 Å². The number of fused-ring (bicyclic) bond motifs is 3. The van der Waals surface area contributed by atoms with E-state index in [-0.39, 0.29) is 0 Å². The van der Waals surface area contributed by atoms with E-state index < -0.39 is 0 Å². The smallest absolute Gasteiger partial charge is 0.0531 e. The number of hydrogen-bond donors (Lipinski definition) is 0. The van der Waals surface area contributed by atoms with Crippen LogP contribution in [0.5, 0.6) is 0 Å². The second-order valence-electron chi connectivity index (χ2n) is 12.2. The Morgan fingerprint density at radius 3 is 1.81 bits per heavy atom. The van der Waals surface area contributed by atoms with E-state index in [1.165, 1.54) is 50.0 Å². The van der Waals surface area contributed by atoms with E-state index in [9.17, 15) is 0 Å². The lowest BCUT2D eigenvalue weighted by Gasteiger charge is -2.25. The fourth-order valence-electron chi connectivity index (χ4n) is 6.99. The van der Waals surface area contributed by atoms with Crippen molar-refractivity contribution in [1.29, 1.82) is 0 Å². The van der Waals surface area contributed by atoms with Gasteiger partial charge in [-0.2, -0.15) is 0 Å². The lowest BCUT2D eigenvalue weighted by atomic mass is 9.86. The van der Waals surface area contributed by atoms with Gasteiger partial charge < -0.3 is 9.47 Å². The lowest BCUT2D eigenvalue weighted by Crippen LogP contribution is -2.09. The molecule has 1 atom stereocenters. The molecule has 2 nitrogen and oxygen atoms in total. The molecule has 7 aromatic rings. The van der Waals surface area contributed by atoms with Gasteiger partial charge in [-0.1, -0.05) is 115 Å². The molecule has 0 radical (unpaired) electrons. The first kappa shape index (κ1) is 28.6. The summed E-state index contributed by atoms with van der Waals surface area (Å²) in [6.07, 6.45) is 9.99. The van der Waals surface area contributed by atoms with Crippen molar-refractivity contribution in [3.8, 4) is 22.3 Å². The number of anilines is 3. The molecule has 6 aromatic carbocycles. The predicted molar refractivity (Wildman–Crippen MR) is 200 cm³/mol. The van der Waals surface area contributed by atoms with Gasteiger partial charge in [-0.15, -0.1) is 0 Å². The summed E-state index contributed by atoms with van der Waals surface area (Å²) in [4.78, 5) is 2.30. The summed E-state index contributed by atoms with van der Waals surface area (Å²) in [5.41, 5.74) is 13.6. The van der Waals surface area contributed by atoms with Gasteiger partial charge in [-0.05, 0) is 107 Å². The Hall–Kier alpha value is -5.86. The summed E-state index contributed by atoms with van der Waals surface area (Å²) in [5.74, 6) is 0.378. The quantitative estimate of drug-likeness (QED) is 0.176. The van der Waals surface area contributed by atoms with Crippen LogP contribution in [0, 0.1) is 0 Å². The molecule has 0 fully saturated rings. The van der Waals surface area contributed by atoms with Gasteiger partial charge in [0, 0.05) is 40.3 Å². The molecule has 0 saturated carbocycles. The molecule has 1 unspecified atom stereocenters. The van der Waals surface area contributed by atoms with Crippen LogP contribution >= 0.6 is 0 Å². The van der Waals surface area contributed by atoms with Crippen LogP contribution in [-0.2, 0) is 6.42 Å². The average molecular weight is 605 g/mol. The number of hydrogen-bond acceptors (Lipinski definition) is 1. The molecule has 226 valence electrons. The van der Waals surface area contributed by atoms with Gasteiger partial charge in [-0.25, -0.2) is 0 Å². The minimum atomic E-state index is 0.378. The minimum Gasteiger partial charge on any atom is -0.317 e. The Morgan fingerprint density at radius 1 is 0.574 bits per heavy atom. The van der Waals surface area contributed by atoms with Gasteiger partial charge in [0.1, 0.15) is 0 Å². The van der Waals surface area contributed by atoms with Gasteiger partial charge in [-0.3, -0.25) is 0 Å². The molecule has 2 heteroatoms. The fourth-order valence-corrected chi connectivity index (χ4v) is 6.99. The maximum atomic E-state index is 2.40. The highest BCUT2D eigenvalue weighted by Gasteiger charge is 2.22. The first-order valence-electron chi connectivity index (χ1n) is 16.4. The van der Waals surface area contributed by atoms with E-state index in [1.54, 1.807) is 0 Å². The van der Waals surface area contributed by atoms with Gasteiger partial charge in [0.15, 0.2) is 0 Å². The third kappa shape index (κ3) is 5.49. The molecule has 0 spiro atoms. The maximum absolute atomic E-state index is 2.40. The zero-order valence-electron chi connectivity index (χ0n) is 26.5. The number of allylic oxidation sites excluding steroid dienone is 2. The topological polar surface area (TPSA) is 8.17 Å². The highest BCUT2D eigenvalue weighted by atomic mass is 15.1. The minimum absolute atomic E-state index is 0.378. The van der Waals surface area contributed by atoms with Crippen LogP contribution in [0.15, 0.2) is 170 Å². The Morgan fingerprint density at radius 2 is 1.15 bits per heavy atom. The molecule has 1 aromatic heterocycles. The fraction of sp³-hybridized carbons (Fsp3) is 0.0667. The largest absolute Gasteiger partial charge is 0.317 e. The van der Waals surface area contributed by atoms with Crippen LogP contribution in [0.4, 0.5) is 17.1 Å². The van der Waals surface area contributed by atoms with Crippen LogP contribution in [0.25, 0.3) is 45.4 Å². The lowest BCUT2D eigenvalue weighted by molar-refractivity contribution is 0.827. The second-order valence-corrected chi connectivity index (χ2v) is 12.2. The van der Waals surface area contributed by atoms with Crippen molar-refractivity contribution in [3.63, 3.8) is 0 Å². The first-order valence-corrected chi connectivity index (χ1v) is 16.4. The Balaban J connectivity index is 1.14. The summed E-state index contributed by atoms with van der Waals surface area (Å²) < 4.78 is 2.35. The summed E-state index contributed by atoms with van der Waals surface area (Å²) >= 11 is 0. The molecule has 47 heavy (non-hydrogen) atoms. The Labute approximate surface area is 277 Å². The zero-order valence-corrected chi connectivity index (χ0v) is 26.5. The van der Waals surface area contributed by atoms with Crippen LogP contribution in [0.3, 0.4) is 0 Å². The highest BCUT2D eigenvalue weighted by molar-refractivity contribution is 5.94. The number of benzene rings is 6. The highest BCUT2D eigenvalue weighted by Crippen LogP contribution is 2.40. The van der Waals surface area contributed by atoms with Crippen molar-refractivity contribution in [1.82, 2.24) is 4.57 Å². The normalized spacial score (nSPS) is 14.0. The third-order valence-corrected chi connectivity index (χ3v) is 9.27. The monoisotopic (exact) mass is 604 g/mol. The first-order chi connectivity index (χ1) is 23.3. The third-order valence-electron chi connectivity index (χ3n) is 9.27. The van der Waals surface area contributed by atoms with Crippen molar-refractivity contribution in [2.45, 2.75) is 19.3 Å². The number of para-hydroxylation sites is 2. The van der Waals surface area contributed by atoms with E-state index in [0.29, 0.717) is 5.92 Å². The molecule has 1 aliphatic rings. The van der Waals surface area contributed by atoms with Crippen molar-refractivity contribution in [2.75, 3.05) is 4.90 Å². The van der Waals surface area contributed by atoms with Crippen LogP contribution < -0.4 is 4.90 Å². The summed E-state index contributed by atoms with van der Waals surface area (Å²) in [5, 5.41) is 1.33. The Bertz CT molecular complexity index is 2170. The van der Waals surface area contributed by atoms with Crippen molar-refractivity contribution in [3.05, 3.63) is 187 Å². The summed E-state index contributed by atoms with van der Waals surface area (Å²) in [6.45, 7) is 2.09. The molecule has 0 bridgehead atoms. The van der Waals surface area contributed by atoms with Gasteiger partial charge in [0.25, 0.3) is 0 Å². The molecular weight excluding hydrogens is 569 g/mol. The van der Waals surface area contributed by atoms with Crippen molar-refractivity contribution >= 4 is 40.2 Å². The molecule has 0 amide bonds. The molecule has 0 N–H and O–H groups in total. The molecule has 1 heterocycles. The predicted octanol–water partition coefficient (Wildman–Crippen LogP) is 12.3. The van der Waals surface area contributed by atoms with Gasteiger partial charge in [0.05, 0.1) is 5.52 Å². The van der Waals surface area contributed by atoms with Crippen LogP contribution in [0.1, 0.15) is 29.7 Å². The van der Waals surface area contributed by atoms with E-state index >= 15 is 0 Å². The van der Waals surface area contributed by atoms with Crippen molar-refractivity contribution in [2.24, 2.45) is 0 Å². The molecule has 0 saturated heterocycles. The summed E-state index contributed by atoms with van der Waals surface area (Å²) in [7, 11) is 0. The zero-order chi connectivity index (χ0) is 31.6. The molecule has 8 rings (SSSR count). The van der Waals surface area contributed by atoms with E-state index in [0.717, 1.165) is 23.5 Å². The standard InChI is InChI=1S/C45H36N2/c1-2-29-46-44-27-23-37(33-13-6-3-7-14-33)31-42(44)43-32-38(24-28-45(43)46)36-16-12-15-35(30-36)34-21-25-41(26-22-34)47(39-17-8-4-9-18-39)40-19-10-5-11-20-40/h2-30,32,37H,31H2,1H3/b29-2+. The van der Waals surface area contributed by atoms with Gasteiger partial charge >= 0.3 is 0 Å². The van der Waals surface area contributed by atoms with Crippen molar-refractivity contribution < 1.29 is 0 Å².